The monoisotopic (exact) mass is 544 g/mol. The van der Waals surface area contributed by atoms with Crippen LogP contribution in [0.1, 0.15) is 26.3 Å². The fourth-order valence-corrected chi connectivity index (χ4v) is 3.47. The summed E-state index contributed by atoms with van der Waals surface area (Å²) >= 11 is 2.02. The van der Waals surface area contributed by atoms with Crippen molar-refractivity contribution in [2.75, 3.05) is 30.4 Å². The topological polar surface area (TPSA) is 69.6 Å². The molecule has 0 fully saturated rings. The lowest BCUT2D eigenvalue weighted by Crippen LogP contribution is -2.20. The van der Waals surface area contributed by atoms with Gasteiger partial charge in [-0.2, -0.15) is 0 Å². The van der Waals surface area contributed by atoms with Crippen molar-refractivity contribution in [1.29, 1.82) is 0 Å². The maximum atomic E-state index is 13.9. The van der Waals surface area contributed by atoms with E-state index in [0.717, 1.165) is 14.8 Å². The Morgan fingerprint density at radius 1 is 1.06 bits per heavy atom. The van der Waals surface area contributed by atoms with Gasteiger partial charge in [-0.05, 0) is 88.8 Å². The van der Waals surface area contributed by atoms with E-state index in [-0.39, 0.29) is 18.0 Å². The van der Waals surface area contributed by atoms with Crippen LogP contribution in [0.2, 0.25) is 0 Å². The summed E-state index contributed by atoms with van der Waals surface area (Å²) in [7, 11) is 1.90. The van der Waals surface area contributed by atoms with Gasteiger partial charge in [0, 0.05) is 34.1 Å². The molecular formula is C25H22FIN2O3. The fourth-order valence-electron chi connectivity index (χ4n) is 2.97. The van der Waals surface area contributed by atoms with Gasteiger partial charge in [-0.1, -0.05) is 18.2 Å². The zero-order valence-corrected chi connectivity index (χ0v) is 19.5. The number of likely N-dealkylation sites (N-methyl/N-ethyl adjacent to an activating group) is 1. The molecule has 0 atom stereocenters. The number of aliphatic hydroxyl groups excluding tert-OH is 1. The predicted molar refractivity (Wildman–Crippen MR) is 134 cm³/mol. The first-order chi connectivity index (χ1) is 15.4. The average Bonchev–Trinajstić information content (AvgIpc) is 2.80. The standard InChI is InChI=1S/C25H22FIN2O3/c1-29(14-15-30)21-10-2-17(3-11-21)4-13-24(31)18-5-8-20(9-6-18)28-25(32)22-16-19(27)7-12-23(22)26/h2-13,16,30H,14-15H2,1H3,(H,28,32)/b13-4+. The number of ketones is 1. The van der Waals surface area contributed by atoms with Gasteiger partial charge in [-0.15, -0.1) is 0 Å². The number of allylic oxidation sites excluding steroid dienone is 1. The maximum Gasteiger partial charge on any atom is 0.258 e. The summed E-state index contributed by atoms with van der Waals surface area (Å²) in [5, 5.41) is 11.7. The van der Waals surface area contributed by atoms with Crippen LogP contribution in [-0.4, -0.2) is 37.0 Å². The van der Waals surface area contributed by atoms with Crippen molar-refractivity contribution >= 4 is 51.7 Å². The summed E-state index contributed by atoms with van der Waals surface area (Å²) in [5.41, 5.74) is 2.76. The van der Waals surface area contributed by atoms with Gasteiger partial charge < -0.3 is 15.3 Å². The molecule has 0 spiro atoms. The zero-order valence-electron chi connectivity index (χ0n) is 17.4. The van der Waals surface area contributed by atoms with Crippen molar-refractivity contribution in [1.82, 2.24) is 0 Å². The highest BCUT2D eigenvalue weighted by Gasteiger charge is 2.12. The Kier molecular flexibility index (Phi) is 8.13. The van der Waals surface area contributed by atoms with Gasteiger partial charge >= 0.3 is 0 Å². The van der Waals surface area contributed by atoms with Crippen LogP contribution in [0.3, 0.4) is 0 Å². The molecule has 0 aliphatic rings. The Morgan fingerprint density at radius 2 is 1.75 bits per heavy atom. The Hall–Kier alpha value is -3.04. The molecule has 0 radical (unpaired) electrons. The summed E-state index contributed by atoms with van der Waals surface area (Å²) in [6.45, 7) is 0.626. The molecule has 3 rings (SSSR count). The highest BCUT2D eigenvalue weighted by Crippen LogP contribution is 2.17. The number of hydrogen-bond acceptors (Lipinski definition) is 4. The summed E-state index contributed by atoms with van der Waals surface area (Å²) in [6, 6.07) is 18.4. The molecule has 2 N–H and O–H groups in total. The number of carbonyl (C=O) groups excluding carboxylic acids is 2. The molecule has 7 heteroatoms. The minimum absolute atomic E-state index is 0.0337. The first kappa shape index (κ1) is 23.6. The van der Waals surface area contributed by atoms with Crippen molar-refractivity contribution < 1.29 is 19.1 Å². The third kappa shape index (κ3) is 6.24. The number of benzene rings is 3. The van der Waals surface area contributed by atoms with Gasteiger partial charge in [-0.3, -0.25) is 9.59 Å². The number of rotatable bonds is 8. The van der Waals surface area contributed by atoms with Crippen LogP contribution in [0.15, 0.2) is 72.8 Å². The van der Waals surface area contributed by atoms with Crippen LogP contribution < -0.4 is 10.2 Å². The van der Waals surface area contributed by atoms with E-state index in [1.54, 1.807) is 36.4 Å². The van der Waals surface area contributed by atoms with E-state index in [2.05, 4.69) is 5.32 Å². The molecule has 32 heavy (non-hydrogen) atoms. The lowest BCUT2D eigenvalue weighted by molar-refractivity contribution is 0.102. The van der Waals surface area contributed by atoms with Crippen LogP contribution in [0.25, 0.3) is 6.08 Å². The van der Waals surface area contributed by atoms with E-state index < -0.39 is 11.7 Å². The number of carbonyl (C=O) groups is 2. The van der Waals surface area contributed by atoms with Crippen molar-refractivity contribution in [2.45, 2.75) is 0 Å². The summed E-state index contributed by atoms with van der Waals surface area (Å²) in [6.07, 6.45) is 3.22. The number of aliphatic hydroxyl groups is 1. The fraction of sp³-hybridized carbons (Fsp3) is 0.120. The predicted octanol–water partition coefficient (Wildman–Crippen LogP) is 5.01. The van der Waals surface area contributed by atoms with Crippen molar-refractivity contribution in [3.63, 3.8) is 0 Å². The van der Waals surface area contributed by atoms with Crippen LogP contribution in [0.5, 0.6) is 0 Å². The first-order valence-electron chi connectivity index (χ1n) is 9.88. The molecule has 0 saturated carbocycles. The van der Waals surface area contributed by atoms with Crippen LogP contribution in [-0.2, 0) is 0 Å². The second-order valence-electron chi connectivity index (χ2n) is 7.09. The number of nitrogens with zero attached hydrogens (tertiary/aromatic N) is 1. The van der Waals surface area contributed by atoms with E-state index in [1.165, 1.54) is 18.2 Å². The lowest BCUT2D eigenvalue weighted by atomic mass is 10.1. The number of anilines is 2. The number of nitrogens with one attached hydrogen (secondary N) is 1. The molecule has 0 aromatic heterocycles. The SMILES string of the molecule is CN(CCO)c1ccc(/C=C/C(=O)c2ccc(NC(=O)c3cc(I)ccc3F)cc2)cc1. The molecular weight excluding hydrogens is 522 g/mol. The molecule has 3 aromatic rings. The molecule has 0 aliphatic heterocycles. The van der Waals surface area contributed by atoms with E-state index in [0.29, 0.717) is 17.8 Å². The lowest BCUT2D eigenvalue weighted by Gasteiger charge is -2.17. The largest absolute Gasteiger partial charge is 0.395 e. The molecule has 0 bridgehead atoms. The normalized spacial score (nSPS) is 10.9. The second-order valence-corrected chi connectivity index (χ2v) is 8.34. The molecule has 164 valence electrons. The van der Waals surface area contributed by atoms with E-state index in [4.69, 9.17) is 5.11 Å². The summed E-state index contributed by atoms with van der Waals surface area (Å²) in [5.74, 6) is -1.31. The van der Waals surface area contributed by atoms with Crippen molar-refractivity contribution in [3.05, 3.63) is 98.9 Å². The van der Waals surface area contributed by atoms with Crippen LogP contribution in [0, 0.1) is 9.39 Å². The Labute approximate surface area is 199 Å². The number of halogens is 2. The molecule has 0 aliphatic carbocycles. The quantitative estimate of drug-likeness (QED) is 0.238. The summed E-state index contributed by atoms with van der Waals surface area (Å²) in [4.78, 5) is 26.7. The van der Waals surface area contributed by atoms with Gasteiger partial charge in [0.2, 0.25) is 0 Å². The minimum Gasteiger partial charge on any atom is -0.395 e. The van der Waals surface area contributed by atoms with Gasteiger partial charge in [0.05, 0.1) is 12.2 Å². The molecule has 3 aromatic carbocycles. The molecule has 5 nitrogen and oxygen atoms in total. The van der Waals surface area contributed by atoms with E-state index in [1.807, 2.05) is 58.8 Å². The molecule has 0 heterocycles. The van der Waals surface area contributed by atoms with Crippen molar-refractivity contribution in [3.8, 4) is 0 Å². The molecule has 0 unspecified atom stereocenters. The number of hydrogen-bond donors (Lipinski definition) is 2. The Bertz CT molecular complexity index is 1130. The Morgan fingerprint density at radius 3 is 2.41 bits per heavy atom. The Balaban J connectivity index is 1.62. The zero-order chi connectivity index (χ0) is 23.1. The first-order valence-corrected chi connectivity index (χ1v) is 11.0. The number of amides is 1. The van der Waals surface area contributed by atoms with Gasteiger partial charge in [-0.25, -0.2) is 4.39 Å². The van der Waals surface area contributed by atoms with Crippen LogP contribution in [0.4, 0.5) is 15.8 Å². The third-order valence-electron chi connectivity index (χ3n) is 4.80. The molecule has 0 saturated heterocycles. The van der Waals surface area contributed by atoms with Gasteiger partial charge in [0.25, 0.3) is 5.91 Å². The highest BCUT2D eigenvalue weighted by molar-refractivity contribution is 14.1. The smallest absolute Gasteiger partial charge is 0.258 e. The minimum atomic E-state index is -0.590. The van der Waals surface area contributed by atoms with Crippen LogP contribution >= 0.6 is 22.6 Å². The summed E-state index contributed by atoms with van der Waals surface area (Å²) < 4.78 is 14.6. The second kappa shape index (κ2) is 11.0. The maximum absolute atomic E-state index is 13.9. The van der Waals surface area contributed by atoms with Gasteiger partial charge in [0.1, 0.15) is 5.82 Å². The van der Waals surface area contributed by atoms with E-state index in [9.17, 15) is 14.0 Å². The third-order valence-corrected chi connectivity index (χ3v) is 5.47. The van der Waals surface area contributed by atoms with Crippen molar-refractivity contribution in [2.24, 2.45) is 0 Å². The van der Waals surface area contributed by atoms with E-state index >= 15 is 0 Å². The highest BCUT2D eigenvalue weighted by atomic mass is 127. The van der Waals surface area contributed by atoms with Gasteiger partial charge in [0.15, 0.2) is 5.78 Å². The average molecular weight is 544 g/mol. The molecule has 1 amide bonds.